The first-order valence-electron chi connectivity index (χ1n) is 8.62. The van der Waals surface area contributed by atoms with E-state index < -0.39 is 30.6 Å². The lowest BCUT2D eigenvalue weighted by Gasteiger charge is -2.15. The Morgan fingerprint density at radius 3 is 2.59 bits per heavy atom. The first-order valence-corrected chi connectivity index (χ1v) is 8.62. The van der Waals surface area contributed by atoms with Crippen LogP contribution in [0.3, 0.4) is 0 Å². The minimum Gasteiger partial charge on any atom is -0.470 e. The van der Waals surface area contributed by atoms with E-state index in [4.69, 9.17) is 11.5 Å². The second-order valence-electron chi connectivity index (χ2n) is 6.12. The van der Waals surface area contributed by atoms with Gasteiger partial charge in [-0.25, -0.2) is 4.98 Å². The fourth-order valence-electron chi connectivity index (χ4n) is 2.02. The van der Waals surface area contributed by atoms with Crippen LogP contribution in [0, 0.1) is 0 Å². The molecule has 0 saturated heterocycles. The van der Waals surface area contributed by atoms with Crippen molar-refractivity contribution in [1.29, 1.82) is 0 Å². The summed E-state index contributed by atoms with van der Waals surface area (Å²) in [5.41, 5.74) is 11.6. The van der Waals surface area contributed by atoms with Crippen molar-refractivity contribution in [1.82, 2.24) is 10.3 Å². The van der Waals surface area contributed by atoms with Gasteiger partial charge in [-0.05, 0) is 37.6 Å². The third kappa shape index (κ3) is 8.54. The van der Waals surface area contributed by atoms with Gasteiger partial charge in [0.25, 0.3) is 5.91 Å². The van der Waals surface area contributed by atoms with Crippen LogP contribution in [0.5, 0.6) is 0 Å². The van der Waals surface area contributed by atoms with E-state index in [1.165, 1.54) is 13.1 Å². The van der Waals surface area contributed by atoms with Crippen LogP contribution in [-0.4, -0.2) is 29.6 Å². The van der Waals surface area contributed by atoms with Gasteiger partial charge in [-0.2, -0.15) is 13.2 Å². The molecule has 1 atom stereocenters. The standard InChI is InChI=1S/C18H24F3N5O3/c1-4-15(27)26-14-8-12(5-6-24-14)11(3)25-17(28)13(22)7-10(2)16(23)29-9-18(19,20)21/h5-8,11H,4,9,22-23H2,1-3H3,(H,25,28)(H,24,26,27)/b13-7-,16-10+. The molecule has 0 saturated carbocycles. The highest BCUT2D eigenvalue weighted by Gasteiger charge is 2.28. The number of amides is 2. The van der Waals surface area contributed by atoms with Crippen molar-refractivity contribution >= 4 is 17.6 Å². The summed E-state index contributed by atoms with van der Waals surface area (Å²) >= 11 is 0. The number of nitrogens with one attached hydrogen (secondary N) is 2. The van der Waals surface area contributed by atoms with Crippen molar-refractivity contribution in [2.75, 3.05) is 11.9 Å². The van der Waals surface area contributed by atoms with Crippen LogP contribution in [0.4, 0.5) is 19.0 Å². The molecule has 2 amide bonds. The van der Waals surface area contributed by atoms with Crippen LogP contribution in [0.2, 0.25) is 0 Å². The van der Waals surface area contributed by atoms with Gasteiger partial charge < -0.3 is 26.8 Å². The number of carbonyl (C=O) groups is 2. The predicted molar refractivity (Wildman–Crippen MR) is 101 cm³/mol. The van der Waals surface area contributed by atoms with Crippen LogP contribution >= 0.6 is 0 Å². The lowest BCUT2D eigenvalue weighted by Crippen LogP contribution is -2.31. The van der Waals surface area contributed by atoms with Gasteiger partial charge in [-0.15, -0.1) is 0 Å². The maximum Gasteiger partial charge on any atom is 0.422 e. The number of alkyl halides is 3. The van der Waals surface area contributed by atoms with E-state index >= 15 is 0 Å². The Morgan fingerprint density at radius 1 is 1.34 bits per heavy atom. The molecule has 0 aliphatic heterocycles. The molecule has 1 rings (SSSR count). The van der Waals surface area contributed by atoms with E-state index in [-0.39, 0.29) is 17.2 Å². The molecule has 8 nitrogen and oxygen atoms in total. The van der Waals surface area contributed by atoms with Gasteiger partial charge in [0.2, 0.25) is 5.91 Å². The molecule has 0 aromatic carbocycles. The molecule has 1 aromatic rings. The molecule has 6 N–H and O–H groups in total. The lowest BCUT2D eigenvalue weighted by atomic mass is 10.1. The van der Waals surface area contributed by atoms with Crippen LogP contribution in [0.15, 0.2) is 41.6 Å². The average Bonchev–Trinajstić information content (AvgIpc) is 2.65. The average molecular weight is 415 g/mol. The third-order valence-corrected chi connectivity index (χ3v) is 3.63. The predicted octanol–water partition coefficient (Wildman–Crippen LogP) is 2.22. The van der Waals surface area contributed by atoms with Crippen molar-refractivity contribution in [3.05, 3.63) is 47.1 Å². The monoisotopic (exact) mass is 415 g/mol. The number of rotatable bonds is 8. The number of anilines is 1. The summed E-state index contributed by atoms with van der Waals surface area (Å²) in [5, 5.41) is 5.25. The highest BCUT2D eigenvalue weighted by Crippen LogP contribution is 2.17. The summed E-state index contributed by atoms with van der Waals surface area (Å²) in [6.45, 7) is 3.21. The number of allylic oxidation sites excluding steroid dienone is 2. The molecular weight excluding hydrogens is 391 g/mol. The molecule has 1 heterocycles. The molecule has 0 bridgehead atoms. The summed E-state index contributed by atoms with van der Waals surface area (Å²) in [4.78, 5) is 27.7. The van der Waals surface area contributed by atoms with E-state index in [1.807, 2.05) is 0 Å². The SMILES string of the molecule is CCC(=O)Nc1cc(C(C)NC(=O)/C(N)=C/C(C)=C(\N)OCC(F)(F)F)ccn1. The summed E-state index contributed by atoms with van der Waals surface area (Å²) < 4.78 is 40.9. The smallest absolute Gasteiger partial charge is 0.422 e. The van der Waals surface area contributed by atoms with Crippen LogP contribution in [-0.2, 0) is 14.3 Å². The van der Waals surface area contributed by atoms with Gasteiger partial charge in [0.1, 0.15) is 5.82 Å². The zero-order valence-electron chi connectivity index (χ0n) is 16.3. The highest BCUT2D eigenvalue weighted by molar-refractivity contribution is 5.93. The minimum absolute atomic E-state index is 0.0722. The largest absolute Gasteiger partial charge is 0.470 e. The van der Waals surface area contributed by atoms with E-state index in [1.54, 1.807) is 26.0 Å². The van der Waals surface area contributed by atoms with Crippen molar-refractivity contribution in [3.63, 3.8) is 0 Å². The Hall–Kier alpha value is -3.24. The number of hydrogen-bond acceptors (Lipinski definition) is 6. The van der Waals surface area contributed by atoms with Crippen molar-refractivity contribution < 1.29 is 27.5 Å². The molecule has 0 aliphatic carbocycles. The van der Waals surface area contributed by atoms with E-state index in [2.05, 4.69) is 20.4 Å². The molecule has 11 heteroatoms. The molecular formula is C18H24F3N5O3. The molecule has 0 aliphatic rings. The number of pyridine rings is 1. The highest BCUT2D eigenvalue weighted by atomic mass is 19.4. The van der Waals surface area contributed by atoms with Gasteiger partial charge >= 0.3 is 6.18 Å². The number of nitrogens with two attached hydrogens (primary N) is 2. The lowest BCUT2D eigenvalue weighted by molar-refractivity contribution is -0.165. The summed E-state index contributed by atoms with van der Waals surface area (Å²) in [5.74, 6) is -1.01. The van der Waals surface area contributed by atoms with Gasteiger partial charge in [0.15, 0.2) is 12.5 Å². The molecule has 0 spiro atoms. The van der Waals surface area contributed by atoms with E-state index in [9.17, 15) is 22.8 Å². The Bertz CT molecular complexity index is 806. The Kier molecular flexibility index (Phi) is 8.49. The molecule has 1 aromatic heterocycles. The van der Waals surface area contributed by atoms with Crippen LogP contribution < -0.4 is 22.1 Å². The number of ether oxygens (including phenoxy) is 1. The molecule has 0 radical (unpaired) electrons. The normalized spacial score (nSPS) is 13.9. The number of carbonyl (C=O) groups excluding carboxylic acids is 2. The van der Waals surface area contributed by atoms with Gasteiger partial charge in [0, 0.05) is 18.2 Å². The second-order valence-corrected chi connectivity index (χ2v) is 6.12. The molecule has 29 heavy (non-hydrogen) atoms. The number of aromatic nitrogens is 1. The number of nitrogens with zero attached hydrogens (tertiary/aromatic N) is 1. The Labute approximate surface area is 166 Å². The fraction of sp³-hybridized carbons (Fsp3) is 0.389. The number of halogens is 3. The van der Waals surface area contributed by atoms with Gasteiger partial charge in [-0.1, -0.05) is 6.92 Å². The minimum atomic E-state index is -4.53. The van der Waals surface area contributed by atoms with Gasteiger partial charge in [0.05, 0.1) is 11.7 Å². The first kappa shape index (κ1) is 23.8. The topological polar surface area (TPSA) is 132 Å². The van der Waals surface area contributed by atoms with Crippen LogP contribution in [0.25, 0.3) is 0 Å². The zero-order chi connectivity index (χ0) is 22.2. The fourth-order valence-corrected chi connectivity index (χ4v) is 2.02. The molecule has 160 valence electrons. The molecule has 0 fully saturated rings. The van der Waals surface area contributed by atoms with Crippen LogP contribution in [0.1, 0.15) is 38.8 Å². The summed E-state index contributed by atoms with van der Waals surface area (Å²) in [7, 11) is 0. The van der Waals surface area contributed by atoms with Crippen molar-refractivity contribution in [3.8, 4) is 0 Å². The number of hydrogen-bond donors (Lipinski definition) is 4. The van der Waals surface area contributed by atoms with Crippen molar-refractivity contribution in [2.24, 2.45) is 11.5 Å². The van der Waals surface area contributed by atoms with Crippen molar-refractivity contribution in [2.45, 2.75) is 39.4 Å². The maximum atomic E-state index is 12.2. The third-order valence-electron chi connectivity index (χ3n) is 3.63. The Balaban J connectivity index is 2.80. The van der Waals surface area contributed by atoms with E-state index in [0.29, 0.717) is 17.8 Å². The second kappa shape index (κ2) is 10.3. The molecule has 1 unspecified atom stereocenters. The first-order chi connectivity index (χ1) is 13.4. The quantitative estimate of drug-likeness (QED) is 0.292. The van der Waals surface area contributed by atoms with Gasteiger partial charge in [-0.3, -0.25) is 9.59 Å². The Morgan fingerprint density at radius 2 is 2.00 bits per heavy atom. The summed E-state index contributed by atoms with van der Waals surface area (Å²) in [6, 6.07) is 2.77. The maximum absolute atomic E-state index is 12.2. The zero-order valence-corrected chi connectivity index (χ0v) is 16.3. The van der Waals surface area contributed by atoms with E-state index in [0.717, 1.165) is 6.08 Å². The summed E-state index contributed by atoms with van der Waals surface area (Å²) in [6.07, 6.45) is -1.64.